The summed E-state index contributed by atoms with van der Waals surface area (Å²) in [5.74, 6) is 2.31. The molecular weight excluding hydrogens is 186 g/mol. The fourth-order valence-corrected chi connectivity index (χ4v) is 2.42. The molecule has 0 saturated heterocycles. The van der Waals surface area contributed by atoms with Gasteiger partial charge < -0.3 is 11.1 Å². The molecule has 0 aromatic heterocycles. The van der Waals surface area contributed by atoms with E-state index in [1.165, 1.54) is 44.9 Å². The van der Waals surface area contributed by atoms with E-state index in [-0.39, 0.29) is 0 Å². The molecule has 3 N–H and O–H groups in total. The lowest BCUT2D eigenvalue weighted by Crippen LogP contribution is -2.35. The molecule has 0 unspecified atom stereocenters. The molecule has 2 fully saturated rings. The zero-order chi connectivity index (χ0) is 10.5. The van der Waals surface area contributed by atoms with Crippen LogP contribution in [0.4, 0.5) is 0 Å². The normalized spacial score (nSPS) is 24.1. The Bertz CT molecular complexity index is 215. The number of nitrogens with two attached hydrogens (primary N) is 1. The van der Waals surface area contributed by atoms with Crippen LogP contribution in [0, 0.1) is 11.8 Å². The summed E-state index contributed by atoms with van der Waals surface area (Å²) < 4.78 is 0. The van der Waals surface area contributed by atoms with E-state index in [9.17, 15) is 0 Å². The SMILES string of the molecule is NC(=NCC1CCC1)NCC1CCCC1. The van der Waals surface area contributed by atoms with Gasteiger partial charge in [-0.3, -0.25) is 4.99 Å². The minimum atomic E-state index is 0.661. The van der Waals surface area contributed by atoms with Crippen molar-refractivity contribution < 1.29 is 0 Å². The van der Waals surface area contributed by atoms with Crippen molar-refractivity contribution in [3.8, 4) is 0 Å². The predicted octanol–water partition coefficient (Wildman–Crippen LogP) is 1.88. The van der Waals surface area contributed by atoms with Gasteiger partial charge in [-0.15, -0.1) is 0 Å². The van der Waals surface area contributed by atoms with E-state index < -0.39 is 0 Å². The molecule has 0 aromatic carbocycles. The molecule has 0 amide bonds. The van der Waals surface area contributed by atoms with Crippen molar-refractivity contribution in [2.75, 3.05) is 13.1 Å². The van der Waals surface area contributed by atoms with Crippen molar-refractivity contribution in [1.82, 2.24) is 5.32 Å². The Hall–Kier alpha value is -0.730. The van der Waals surface area contributed by atoms with Gasteiger partial charge in [0.2, 0.25) is 0 Å². The lowest BCUT2D eigenvalue weighted by molar-refractivity contribution is 0.326. The smallest absolute Gasteiger partial charge is 0.188 e. The van der Waals surface area contributed by atoms with Crippen LogP contribution < -0.4 is 11.1 Å². The predicted molar refractivity (Wildman–Crippen MR) is 63.8 cm³/mol. The molecule has 3 heteroatoms. The maximum absolute atomic E-state index is 5.82. The van der Waals surface area contributed by atoms with Crippen LogP contribution in [0.25, 0.3) is 0 Å². The van der Waals surface area contributed by atoms with Crippen LogP contribution in [0.1, 0.15) is 44.9 Å². The van der Waals surface area contributed by atoms with E-state index in [1.54, 1.807) is 0 Å². The van der Waals surface area contributed by atoms with Crippen LogP contribution in [0.5, 0.6) is 0 Å². The van der Waals surface area contributed by atoms with Crippen LogP contribution in [0.15, 0.2) is 4.99 Å². The Labute approximate surface area is 92.5 Å². The summed E-state index contributed by atoms with van der Waals surface area (Å²) in [6, 6.07) is 0. The number of hydrogen-bond donors (Lipinski definition) is 2. The van der Waals surface area contributed by atoms with Gasteiger partial charge >= 0.3 is 0 Å². The van der Waals surface area contributed by atoms with E-state index in [2.05, 4.69) is 10.3 Å². The minimum Gasteiger partial charge on any atom is -0.370 e. The summed E-state index contributed by atoms with van der Waals surface area (Å²) in [4.78, 5) is 4.39. The molecule has 0 aromatic rings. The molecule has 0 atom stereocenters. The zero-order valence-corrected chi connectivity index (χ0v) is 9.54. The number of hydrogen-bond acceptors (Lipinski definition) is 1. The maximum atomic E-state index is 5.82. The number of rotatable bonds is 4. The Balaban J connectivity index is 1.59. The monoisotopic (exact) mass is 209 g/mol. The molecule has 2 rings (SSSR count). The van der Waals surface area contributed by atoms with E-state index in [4.69, 9.17) is 5.73 Å². The van der Waals surface area contributed by atoms with Gasteiger partial charge in [-0.05, 0) is 37.5 Å². The van der Waals surface area contributed by atoms with Gasteiger partial charge in [0.15, 0.2) is 5.96 Å². The largest absolute Gasteiger partial charge is 0.370 e. The highest BCUT2D eigenvalue weighted by atomic mass is 15.1. The first-order valence-electron chi connectivity index (χ1n) is 6.38. The quantitative estimate of drug-likeness (QED) is 0.548. The average Bonchev–Trinajstić information content (AvgIpc) is 2.64. The summed E-state index contributed by atoms with van der Waals surface area (Å²) in [5.41, 5.74) is 5.82. The van der Waals surface area contributed by atoms with Gasteiger partial charge in [0, 0.05) is 13.1 Å². The van der Waals surface area contributed by atoms with Gasteiger partial charge in [-0.1, -0.05) is 19.3 Å². The number of nitrogens with zero attached hydrogens (tertiary/aromatic N) is 1. The highest BCUT2D eigenvalue weighted by Crippen LogP contribution is 2.26. The van der Waals surface area contributed by atoms with E-state index in [0.717, 1.165) is 24.9 Å². The molecule has 3 nitrogen and oxygen atoms in total. The van der Waals surface area contributed by atoms with Gasteiger partial charge in [0.1, 0.15) is 0 Å². The molecular formula is C12H23N3. The topological polar surface area (TPSA) is 50.4 Å². The second-order valence-electron chi connectivity index (χ2n) is 5.05. The van der Waals surface area contributed by atoms with Crippen molar-refractivity contribution in [2.24, 2.45) is 22.6 Å². The third-order valence-electron chi connectivity index (χ3n) is 3.79. The average molecular weight is 209 g/mol. The van der Waals surface area contributed by atoms with Crippen LogP contribution >= 0.6 is 0 Å². The molecule has 0 spiro atoms. The molecule has 0 aliphatic heterocycles. The molecule has 0 radical (unpaired) electrons. The Morgan fingerprint density at radius 3 is 2.33 bits per heavy atom. The molecule has 0 bridgehead atoms. The van der Waals surface area contributed by atoms with Gasteiger partial charge in [0.25, 0.3) is 0 Å². The molecule has 2 aliphatic rings. The number of guanidine groups is 1. The third-order valence-corrected chi connectivity index (χ3v) is 3.79. The number of nitrogens with one attached hydrogen (secondary N) is 1. The first-order valence-corrected chi connectivity index (χ1v) is 6.38. The van der Waals surface area contributed by atoms with Crippen molar-refractivity contribution in [1.29, 1.82) is 0 Å². The lowest BCUT2D eigenvalue weighted by Gasteiger charge is -2.23. The standard InChI is InChI=1S/C12H23N3/c13-12(15-9-11-6-3-7-11)14-8-10-4-1-2-5-10/h10-11H,1-9H2,(H3,13,14,15). The van der Waals surface area contributed by atoms with Crippen LogP contribution in [0.2, 0.25) is 0 Å². The molecule has 2 aliphatic carbocycles. The minimum absolute atomic E-state index is 0.661. The maximum Gasteiger partial charge on any atom is 0.188 e. The summed E-state index contributed by atoms with van der Waals surface area (Å²) in [6.45, 7) is 1.96. The van der Waals surface area contributed by atoms with Gasteiger partial charge in [-0.25, -0.2) is 0 Å². The summed E-state index contributed by atoms with van der Waals surface area (Å²) in [6.07, 6.45) is 9.59. The zero-order valence-electron chi connectivity index (χ0n) is 9.54. The second kappa shape index (κ2) is 5.38. The van der Waals surface area contributed by atoms with Gasteiger partial charge in [0.05, 0.1) is 0 Å². The van der Waals surface area contributed by atoms with Crippen LogP contribution in [-0.4, -0.2) is 19.0 Å². The van der Waals surface area contributed by atoms with Crippen molar-refractivity contribution in [3.63, 3.8) is 0 Å². The van der Waals surface area contributed by atoms with E-state index in [0.29, 0.717) is 5.96 Å². The Kier molecular flexibility index (Phi) is 3.87. The second-order valence-corrected chi connectivity index (χ2v) is 5.05. The van der Waals surface area contributed by atoms with Crippen molar-refractivity contribution in [2.45, 2.75) is 44.9 Å². The first-order chi connectivity index (χ1) is 7.34. The van der Waals surface area contributed by atoms with Gasteiger partial charge in [-0.2, -0.15) is 0 Å². The van der Waals surface area contributed by atoms with E-state index >= 15 is 0 Å². The Morgan fingerprint density at radius 1 is 1.07 bits per heavy atom. The fraction of sp³-hybridized carbons (Fsp3) is 0.917. The highest BCUT2D eigenvalue weighted by molar-refractivity contribution is 5.77. The molecule has 15 heavy (non-hydrogen) atoms. The van der Waals surface area contributed by atoms with Crippen molar-refractivity contribution >= 4 is 5.96 Å². The molecule has 86 valence electrons. The summed E-state index contributed by atoms with van der Waals surface area (Å²) in [5, 5.41) is 3.26. The van der Waals surface area contributed by atoms with Crippen LogP contribution in [0.3, 0.4) is 0 Å². The first kappa shape index (κ1) is 10.8. The van der Waals surface area contributed by atoms with Crippen molar-refractivity contribution in [3.05, 3.63) is 0 Å². The number of aliphatic imine (C=N–C) groups is 1. The Morgan fingerprint density at radius 2 is 1.73 bits per heavy atom. The third kappa shape index (κ3) is 3.40. The molecule has 0 heterocycles. The summed E-state index contributed by atoms with van der Waals surface area (Å²) in [7, 11) is 0. The fourth-order valence-electron chi connectivity index (χ4n) is 2.42. The summed E-state index contributed by atoms with van der Waals surface area (Å²) >= 11 is 0. The van der Waals surface area contributed by atoms with Crippen LogP contribution in [-0.2, 0) is 0 Å². The highest BCUT2D eigenvalue weighted by Gasteiger charge is 2.17. The lowest BCUT2D eigenvalue weighted by atomic mass is 9.86. The van der Waals surface area contributed by atoms with E-state index in [1.807, 2.05) is 0 Å². The molecule has 2 saturated carbocycles.